The minimum atomic E-state index is -2.24. The van der Waals surface area contributed by atoms with Gasteiger partial charge in [-0.15, -0.1) is 0 Å². The van der Waals surface area contributed by atoms with Gasteiger partial charge in [-0.25, -0.2) is 4.39 Å². The van der Waals surface area contributed by atoms with Crippen LogP contribution in [0.15, 0.2) is 0 Å². The van der Waals surface area contributed by atoms with Crippen LogP contribution in [-0.4, -0.2) is 23.9 Å². The molecular weight excluding hydrogens is 126 g/mol. The fraction of sp³-hybridized carbons (Fsp3) is 0.667. The van der Waals surface area contributed by atoms with Crippen LogP contribution in [-0.2, 0) is 4.79 Å². The molecule has 0 fully saturated rings. The summed E-state index contributed by atoms with van der Waals surface area (Å²) in [5.74, 6) is -1.87. The molecule has 1 N–H and O–H groups in total. The number of carboxylic acid groups (broad SMARTS) is 1. The van der Waals surface area contributed by atoms with Gasteiger partial charge in [-0.1, -0.05) is 0 Å². The number of aliphatic hydroxyl groups is 1. The zero-order valence-corrected chi connectivity index (χ0v) is 6.43. The van der Waals surface area contributed by atoms with Crippen molar-refractivity contribution in [3.63, 3.8) is 0 Å². The second-order valence-corrected chi connectivity index (χ2v) is 0.969. The van der Waals surface area contributed by atoms with Crippen LogP contribution >= 0.6 is 0 Å². The molecule has 0 radical (unpaired) electrons. The number of rotatable bonds is 2. The maximum atomic E-state index is 11.3. The summed E-state index contributed by atoms with van der Waals surface area (Å²) in [5.41, 5.74) is 0. The van der Waals surface area contributed by atoms with E-state index in [1.54, 1.807) is 0 Å². The van der Waals surface area contributed by atoms with Gasteiger partial charge in [0.25, 0.3) is 0 Å². The Morgan fingerprint density at radius 3 is 2.25 bits per heavy atom. The Labute approximate surface area is 67.8 Å². The van der Waals surface area contributed by atoms with Gasteiger partial charge in [0.15, 0.2) is 6.17 Å². The van der Waals surface area contributed by atoms with Gasteiger partial charge >= 0.3 is 29.6 Å². The number of aliphatic carboxylic acids is 1. The van der Waals surface area contributed by atoms with Crippen molar-refractivity contribution < 1.29 is 49.0 Å². The monoisotopic (exact) mass is 130 g/mol. The molecule has 3 nitrogen and oxygen atoms in total. The quantitative estimate of drug-likeness (QED) is 0.381. The molecule has 1 atom stereocenters. The number of carboxylic acids is 1. The van der Waals surface area contributed by atoms with Crippen LogP contribution in [0.4, 0.5) is 4.39 Å². The Kier molecular flexibility index (Phi) is 7.69. The predicted molar refractivity (Wildman–Crippen MR) is 17.0 cm³/mol. The summed E-state index contributed by atoms with van der Waals surface area (Å²) >= 11 is 0. The van der Waals surface area contributed by atoms with Gasteiger partial charge in [0.05, 0.1) is 12.6 Å². The van der Waals surface area contributed by atoms with E-state index in [0.717, 1.165) is 0 Å². The van der Waals surface area contributed by atoms with Crippen molar-refractivity contribution in [3.8, 4) is 0 Å². The van der Waals surface area contributed by atoms with Crippen molar-refractivity contribution >= 4 is 5.97 Å². The molecule has 0 rings (SSSR count). The summed E-state index contributed by atoms with van der Waals surface area (Å²) in [6.45, 7) is -1.01. The van der Waals surface area contributed by atoms with E-state index in [4.69, 9.17) is 5.11 Å². The van der Waals surface area contributed by atoms with Crippen molar-refractivity contribution in [1.82, 2.24) is 0 Å². The summed E-state index contributed by atoms with van der Waals surface area (Å²) in [5, 5.41) is 17.0. The molecule has 0 bridgehead atoms. The fourth-order valence-electron chi connectivity index (χ4n) is 0.0745. The maximum absolute atomic E-state index is 11.3. The van der Waals surface area contributed by atoms with E-state index in [1.807, 2.05) is 0 Å². The van der Waals surface area contributed by atoms with E-state index in [2.05, 4.69) is 0 Å². The van der Waals surface area contributed by atoms with Crippen molar-refractivity contribution in [2.75, 3.05) is 6.61 Å². The molecule has 0 heterocycles. The molecule has 0 spiro atoms. The van der Waals surface area contributed by atoms with Crippen molar-refractivity contribution in [3.05, 3.63) is 0 Å². The Hall–Kier alpha value is 0.360. The Morgan fingerprint density at radius 1 is 1.88 bits per heavy atom. The molecule has 0 saturated carbocycles. The largest absolute Gasteiger partial charge is 1.00 e. The molecule has 42 valence electrons. The van der Waals surface area contributed by atoms with Crippen molar-refractivity contribution in [2.45, 2.75) is 6.17 Å². The van der Waals surface area contributed by atoms with Crippen LogP contribution in [0.25, 0.3) is 0 Å². The summed E-state index contributed by atoms with van der Waals surface area (Å²) in [7, 11) is 0. The molecule has 0 aromatic heterocycles. The van der Waals surface area contributed by atoms with Crippen LogP contribution < -0.4 is 34.7 Å². The van der Waals surface area contributed by atoms with Gasteiger partial charge in [0.1, 0.15) is 0 Å². The van der Waals surface area contributed by atoms with Gasteiger partial charge < -0.3 is 15.0 Å². The van der Waals surface area contributed by atoms with E-state index in [9.17, 15) is 14.3 Å². The summed E-state index contributed by atoms with van der Waals surface area (Å²) in [4.78, 5) is 9.28. The van der Waals surface area contributed by atoms with E-state index < -0.39 is 18.7 Å². The minimum Gasteiger partial charge on any atom is -0.547 e. The smallest absolute Gasteiger partial charge is 0.547 e. The Morgan fingerprint density at radius 2 is 2.25 bits per heavy atom. The third-order valence-corrected chi connectivity index (χ3v) is 0.416. The molecule has 8 heavy (non-hydrogen) atoms. The number of hydrogen-bond acceptors (Lipinski definition) is 3. The van der Waals surface area contributed by atoms with Crippen molar-refractivity contribution in [2.24, 2.45) is 0 Å². The molecular formula is C3H4FNaO3. The normalized spacial score (nSPS) is 11.8. The summed E-state index contributed by atoms with van der Waals surface area (Å²) in [6, 6.07) is 0. The maximum Gasteiger partial charge on any atom is 1.00 e. The summed E-state index contributed by atoms with van der Waals surface area (Å²) in [6.07, 6.45) is -2.24. The third-order valence-electron chi connectivity index (χ3n) is 0.416. The van der Waals surface area contributed by atoms with Gasteiger partial charge in [-0.2, -0.15) is 0 Å². The second kappa shape index (κ2) is 5.50. The molecule has 0 aliphatic carbocycles. The van der Waals surface area contributed by atoms with E-state index >= 15 is 0 Å². The topological polar surface area (TPSA) is 60.4 Å². The van der Waals surface area contributed by atoms with Gasteiger partial charge in [-0.3, -0.25) is 0 Å². The number of hydrogen-bond donors (Lipinski definition) is 1. The second-order valence-electron chi connectivity index (χ2n) is 0.969. The zero-order valence-electron chi connectivity index (χ0n) is 4.43. The molecule has 1 unspecified atom stereocenters. The van der Waals surface area contributed by atoms with Gasteiger partial charge in [0.2, 0.25) is 0 Å². The van der Waals surface area contributed by atoms with Crippen LogP contribution in [0.3, 0.4) is 0 Å². The van der Waals surface area contributed by atoms with E-state index in [1.165, 1.54) is 0 Å². The van der Waals surface area contributed by atoms with Gasteiger partial charge in [-0.05, 0) is 0 Å². The van der Waals surface area contributed by atoms with Crippen LogP contribution in [0.1, 0.15) is 0 Å². The number of aliphatic hydroxyl groups excluding tert-OH is 1. The standard InChI is InChI=1S/C3H5FO3.Na/c4-2(1-5)3(6)7;/h2,5H,1H2,(H,6,7);/q;+1/p-1. The van der Waals surface area contributed by atoms with E-state index in [-0.39, 0.29) is 29.6 Å². The minimum absolute atomic E-state index is 0. The van der Waals surface area contributed by atoms with Crippen LogP contribution in [0, 0.1) is 0 Å². The molecule has 0 aromatic rings. The van der Waals surface area contributed by atoms with Gasteiger partial charge in [0, 0.05) is 0 Å². The van der Waals surface area contributed by atoms with Crippen LogP contribution in [0.2, 0.25) is 0 Å². The van der Waals surface area contributed by atoms with E-state index in [0.29, 0.717) is 0 Å². The predicted octanol–water partition coefficient (Wildman–Crippen LogP) is -4.93. The first-order valence-electron chi connectivity index (χ1n) is 1.64. The average Bonchev–Trinajstić information content (AvgIpc) is 1.65. The number of carbonyl (C=O) groups is 1. The van der Waals surface area contributed by atoms with Crippen LogP contribution in [0.5, 0.6) is 0 Å². The Balaban J connectivity index is 0. The third kappa shape index (κ3) is 4.52. The number of alkyl halides is 1. The average molecular weight is 130 g/mol. The summed E-state index contributed by atoms with van der Waals surface area (Å²) < 4.78 is 11.3. The first-order chi connectivity index (χ1) is 3.18. The molecule has 5 heteroatoms. The SMILES string of the molecule is O=C([O-])C(F)CO.[Na+]. The molecule has 0 amide bonds. The first-order valence-corrected chi connectivity index (χ1v) is 1.64. The fourth-order valence-corrected chi connectivity index (χ4v) is 0.0745. The number of halogens is 1. The Bertz CT molecular complexity index is 76.9. The van der Waals surface area contributed by atoms with Crippen molar-refractivity contribution in [1.29, 1.82) is 0 Å². The number of carbonyl (C=O) groups excluding carboxylic acids is 1. The molecule has 0 aliphatic rings. The first kappa shape index (κ1) is 11.2. The molecule has 0 saturated heterocycles. The zero-order chi connectivity index (χ0) is 5.86. The molecule has 0 aliphatic heterocycles. The molecule has 0 aromatic carbocycles.